The highest BCUT2D eigenvalue weighted by Crippen LogP contribution is 2.22. The molecular formula is C15H15ClN2O. The molecule has 0 bridgehead atoms. The molecule has 2 heterocycles. The normalized spacial score (nSPS) is 14.2. The molecule has 0 radical (unpaired) electrons. The minimum absolute atomic E-state index is 0.535. The lowest BCUT2D eigenvalue weighted by Crippen LogP contribution is -2.15. The predicted octanol–water partition coefficient (Wildman–Crippen LogP) is 2.99. The SMILES string of the molecule is Clc1nc(CCc2ccccc2)nc2c1COCC2. The zero-order chi connectivity index (χ0) is 13.1. The summed E-state index contributed by atoms with van der Waals surface area (Å²) >= 11 is 6.20. The Morgan fingerprint density at radius 2 is 1.95 bits per heavy atom. The fraction of sp³-hybridized carbons (Fsp3) is 0.333. The molecule has 1 aromatic heterocycles. The molecule has 3 rings (SSSR count). The molecule has 0 amide bonds. The molecule has 0 spiro atoms. The standard InChI is InChI=1S/C15H15ClN2O/c16-15-12-10-19-9-8-13(12)17-14(18-15)7-6-11-4-2-1-3-5-11/h1-5H,6-10H2. The monoisotopic (exact) mass is 274 g/mol. The molecule has 1 aliphatic heterocycles. The van der Waals surface area contributed by atoms with E-state index in [1.54, 1.807) is 0 Å². The highest BCUT2D eigenvalue weighted by Gasteiger charge is 2.16. The zero-order valence-corrected chi connectivity index (χ0v) is 11.4. The summed E-state index contributed by atoms with van der Waals surface area (Å²) in [6.45, 7) is 1.26. The maximum Gasteiger partial charge on any atom is 0.138 e. The number of nitrogens with zero attached hydrogens (tertiary/aromatic N) is 2. The Morgan fingerprint density at radius 1 is 1.11 bits per heavy atom. The summed E-state index contributed by atoms with van der Waals surface area (Å²) in [5.74, 6) is 0.828. The molecule has 0 saturated heterocycles. The number of hydrogen-bond acceptors (Lipinski definition) is 3. The van der Waals surface area contributed by atoms with E-state index in [2.05, 4.69) is 22.1 Å². The van der Waals surface area contributed by atoms with Crippen molar-refractivity contribution in [2.45, 2.75) is 25.9 Å². The van der Waals surface area contributed by atoms with Gasteiger partial charge in [0.05, 0.1) is 18.9 Å². The molecule has 1 aliphatic rings. The molecule has 0 atom stereocenters. The van der Waals surface area contributed by atoms with Crippen molar-refractivity contribution < 1.29 is 4.74 Å². The molecule has 0 aliphatic carbocycles. The van der Waals surface area contributed by atoms with Crippen LogP contribution in [0.25, 0.3) is 0 Å². The summed E-state index contributed by atoms with van der Waals surface area (Å²) in [4.78, 5) is 8.99. The number of hydrogen-bond donors (Lipinski definition) is 0. The Bertz CT molecular complexity index is 572. The van der Waals surface area contributed by atoms with Crippen LogP contribution in [0.1, 0.15) is 22.6 Å². The summed E-state index contributed by atoms with van der Waals surface area (Å²) in [6.07, 6.45) is 2.58. The summed E-state index contributed by atoms with van der Waals surface area (Å²) in [7, 11) is 0. The number of aromatic nitrogens is 2. The number of benzene rings is 1. The van der Waals surface area contributed by atoms with Crippen LogP contribution >= 0.6 is 11.6 Å². The first-order valence-corrected chi connectivity index (χ1v) is 6.86. The van der Waals surface area contributed by atoms with Gasteiger partial charge < -0.3 is 4.74 Å². The summed E-state index contributed by atoms with van der Waals surface area (Å²) in [5, 5.41) is 0.549. The van der Waals surface area contributed by atoms with Gasteiger partial charge in [-0.15, -0.1) is 0 Å². The third-order valence-electron chi connectivity index (χ3n) is 3.30. The van der Waals surface area contributed by atoms with E-state index >= 15 is 0 Å². The van der Waals surface area contributed by atoms with Crippen molar-refractivity contribution >= 4 is 11.6 Å². The van der Waals surface area contributed by atoms with E-state index in [1.807, 2.05) is 18.2 Å². The highest BCUT2D eigenvalue weighted by molar-refractivity contribution is 6.30. The van der Waals surface area contributed by atoms with Crippen LogP contribution in [-0.2, 0) is 30.6 Å². The van der Waals surface area contributed by atoms with Gasteiger partial charge >= 0.3 is 0 Å². The van der Waals surface area contributed by atoms with Gasteiger partial charge in [0.2, 0.25) is 0 Å². The lowest BCUT2D eigenvalue weighted by Gasteiger charge is -2.17. The van der Waals surface area contributed by atoms with Crippen LogP contribution in [-0.4, -0.2) is 16.6 Å². The molecule has 0 saturated carbocycles. The maximum atomic E-state index is 6.20. The van der Waals surface area contributed by atoms with Crippen molar-refractivity contribution in [2.24, 2.45) is 0 Å². The van der Waals surface area contributed by atoms with Gasteiger partial charge in [-0.2, -0.15) is 0 Å². The Kier molecular flexibility index (Phi) is 3.76. The Balaban J connectivity index is 1.76. The highest BCUT2D eigenvalue weighted by atomic mass is 35.5. The van der Waals surface area contributed by atoms with Crippen LogP contribution in [0.15, 0.2) is 30.3 Å². The predicted molar refractivity (Wildman–Crippen MR) is 74.3 cm³/mol. The third kappa shape index (κ3) is 2.94. The molecule has 1 aromatic carbocycles. The van der Waals surface area contributed by atoms with E-state index in [0.29, 0.717) is 11.8 Å². The summed E-state index contributed by atoms with van der Waals surface area (Å²) in [6, 6.07) is 10.4. The molecule has 3 nitrogen and oxygen atoms in total. The Hall–Kier alpha value is -1.45. The number of aryl methyl sites for hydroxylation is 2. The van der Waals surface area contributed by atoms with E-state index in [0.717, 1.165) is 43.0 Å². The minimum atomic E-state index is 0.535. The van der Waals surface area contributed by atoms with Crippen molar-refractivity contribution in [3.63, 3.8) is 0 Å². The van der Waals surface area contributed by atoms with Crippen molar-refractivity contribution in [3.8, 4) is 0 Å². The quantitative estimate of drug-likeness (QED) is 0.807. The molecule has 0 fully saturated rings. The van der Waals surface area contributed by atoms with Crippen LogP contribution < -0.4 is 0 Å². The molecule has 0 unspecified atom stereocenters. The van der Waals surface area contributed by atoms with Crippen molar-refractivity contribution in [3.05, 3.63) is 58.1 Å². The molecule has 19 heavy (non-hydrogen) atoms. The van der Waals surface area contributed by atoms with Crippen LogP contribution in [0.5, 0.6) is 0 Å². The van der Waals surface area contributed by atoms with Gasteiger partial charge in [-0.1, -0.05) is 41.9 Å². The van der Waals surface area contributed by atoms with Gasteiger partial charge in [0.15, 0.2) is 0 Å². The molecule has 4 heteroatoms. The van der Waals surface area contributed by atoms with Crippen LogP contribution in [0.3, 0.4) is 0 Å². The smallest absolute Gasteiger partial charge is 0.138 e. The number of halogens is 1. The number of rotatable bonds is 3. The van der Waals surface area contributed by atoms with Crippen molar-refractivity contribution in [1.82, 2.24) is 9.97 Å². The second kappa shape index (κ2) is 5.68. The maximum absolute atomic E-state index is 6.20. The van der Waals surface area contributed by atoms with Crippen LogP contribution in [0.4, 0.5) is 0 Å². The molecular weight excluding hydrogens is 260 g/mol. The molecule has 0 N–H and O–H groups in total. The van der Waals surface area contributed by atoms with Gasteiger partial charge in [0.1, 0.15) is 11.0 Å². The van der Waals surface area contributed by atoms with Gasteiger partial charge in [-0.3, -0.25) is 0 Å². The van der Waals surface area contributed by atoms with Gasteiger partial charge in [-0.05, 0) is 12.0 Å². The van der Waals surface area contributed by atoms with Crippen molar-refractivity contribution in [2.75, 3.05) is 6.61 Å². The van der Waals surface area contributed by atoms with Crippen molar-refractivity contribution in [1.29, 1.82) is 0 Å². The first kappa shape index (κ1) is 12.6. The van der Waals surface area contributed by atoms with Crippen LogP contribution in [0.2, 0.25) is 5.15 Å². The average Bonchev–Trinajstić information content (AvgIpc) is 2.46. The fourth-order valence-electron chi connectivity index (χ4n) is 2.25. The van der Waals surface area contributed by atoms with E-state index in [1.165, 1.54) is 5.56 Å². The zero-order valence-electron chi connectivity index (χ0n) is 10.6. The average molecular weight is 275 g/mol. The van der Waals surface area contributed by atoms with E-state index < -0.39 is 0 Å². The molecule has 98 valence electrons. The largest absolute Gasteiger partial charge is 0.376 e. The minimum Gasteiger partial charge on any atom is -0.376 e. The molecule has 2 aromatic rings. The third-order valence-corrected chi connectivity index (χ3v) is 3.61. The van der Waals surface area contributed by atoms with Gasteiger partial charge in [-0.25, -0.2) is 9.97 Å². The Morgan fingerprint density at radius 3 is 2.79 bits per heavy atom. The summed E-state index contributed by atoms with van der Waals surface area (Å²) < 4.78 is 5.38. The lowest BCUT2D eigenvalue weighted by molar-refractivity contribution is 0.109. The summed E-state index contributed by atoms with van der Waals surface area (Å²) in [5.41, 5.74) is 3.30. The lowest BCUT2D eigenvalue weighted by atomic mass is 10.1. The second-order valence-corrected chi connectivity index (χ2v) is 5.00. The number of fused-ring (bicyclic) bond motifs is 1. The Labute approximate surface area is 117 Å². The second-order valence-electron chi connectivity index (χ2n) is 4.64. The topological polar surface area (TPSA) is 35.0 Å². The van der Waals surface area contributed by atoms with Gasteiger partial charge in [0, 0.05) is 18.4 Å². The number of ether oxygens (including phenoxy) is 1. The fourth-order valence-corrected chi connectivity index (χ4v) is 2.51. The first-order chi connectivity index (χ1) is 9.33. The van der Waals surface area contributed by atoms with E-state index in [9.17, 15) is 0 Å². The first-order valence-electron chi connectivity index (χ1n) is 6.49. The van der Waals surface area contributed by atoms with E-state index in [4.69, 9.17) is 16.3 Å². The van der Waals surface area contributed by atoms with Crippen LogP contribution in [0, 0.1) is 0 Å². The van der Waals surface area contributed by atoms with E-state index in [-0.39, 0.29) is 0 Å². The van der Waals surface area contributed by atoms with Gasteiger partial charge in [0.25, 0.3) is 0 Å².